The van der Waals surface area contributed by atoms with E-state index in [9.17, 15) is 22.8 Å². The number of carbonyl (C=O) groups excluding carboxylic acids is 3. The molecule has 2 fully saturated rings. The lowest BCUT2D eigenvalue weighted by Crippen LogP contribution is -2.54. The maximum atomic E-state index is 12.4. The lowest BCUT2D eigenvalue weighted by molar-refractivity contribution is -0.145. The van der Waals surface area contributed by atoms with E-state index in [1.807, 2.05) is 0 Å². The summed E-state index contributed by atoms with van der Waals surface area (Å²) in [7, 11) is -2.62. The van der Waals surface area contributed by atoms with Crippen molar-refractivity contribution in [3.63, 3.8) is 0 Å². The van der Waals surface area contributed by atoms with Crippen LogP contribution in [0.25, 0.3) is 0 Å². The molecule has 0 spiro atoms. The van der Waals surface area contributed by atoms with Crippen molar-refractivity contribution < 1.29 is 27.5 Å². The highest BCUT2D eigenvalue weighted by Crippen LogP contribution is 2.32. The first-order valence-corrected chi connectivity index (χ1v) is 8.32. The van der Waals surface area contributed by atoms with Crippen molar-refractivity contribution in [3.05, 3.63) is 0 Å². The van der Waals surface area contributed by atoms with Crippen LogP contribution in [0.2, 0.25) is 0 Å². The third-order valence-electron chi connectivity index (χ3n) is 3.90. The standard InChI is InChI=1S/C12H18N2O6S/c1-20-12(17)7-3-2-4-9(7)21(18,19)14-8-5-6-10(15)13-11(8)16/h7-9,14H,2-6H2,1H3,(H,13,15,16). The van der Waals surface area contributed by atoms with E-state index in [-0.39, 0.29) is 12.8 Å². The fourth-order valence-electron chi connectivity index (χ4n) is 2.81. The second-order valence-electron chi connectivity index (χ2n) is 5.27. The van der Waals surface area contributed by atoms with Gasteiger partial charge in [0.2, 0.25) is 21.8 Å². The summed E-state index contributed by atoms with van der Waals surface area (Å²) in [5.41, 5.74) is 0. The highest BCUT2D eigenvalue weighted by Gasteiger charge is 2.44. The highest BCUT2D eigenvalue weighted by atomic mass is 32.2. The minimum Gasteiger partial charge on any atom is -0.469 e. The Bertz CT molecular complexity index is 558. The molecular formula is C12H18N2O6S. The van der Waals surface area contributed by atoms with Gasteiger partial charge in [-0.3, -0.25) is 19.7 Å². The van der Waals surface area contributed by atoms with E-state index in [1.54, 1.807) is 0 Å². The lowest BCUT2D eigenvalue weighted by atomic mass is 10.1. The van der Waals surface area contributed by atoms with Crippen molar-refractivity contribution in [1.82, 2.24) is 10.0 Å². The number of sulfonamides is 1. The summed E-state index contributed by atoms with van der Waals surface area (Å²) in [6.07, 6.45) is 1.63. The Labute approximate surface area is 122 Å². The lowest BCUT2D eigenvalue weighted by Gasteiger charge is -2.25. The van der Waals surface area contributed by atoms with Gasteiger partial charge >= 0.3 is 5.97 Å². The first-order valence-electron chi connectivity index (χ1n) is 6.78. The second kappa shape index (κ2) is 6.10. The van der Waals surface area contributed by atoms with Crippen LogP contribution in [0, 0.1) is 5.92 Å². The van der Waals surface area contributed by atoms with Gasteiger partial charge in [-0.05, 0) is 19.3 Å². The van der Waals surface area contributed by atoms with E-state index in [0.717, 1.165) is 0 Å². The molecule has 1 aliphatic heterocycles. The SMILES string of the molecule is COC(=O)C1CCCC1S(=O)(=O)NC1CCC(=O)NC1=O. The molecule has 2 aliphatic rings. The summed E-state index contributed by atoms with van der Waals surface area (Å²) in [5, 5.41) is 1.20. The predicted octanol–water partition coefficient (Wildman–Crippen LogP) is -0.947. The van der Waals surface area contributed by atoms with E-state index < -0.39 is 45.0 Å². The predicted molar refractivity (Wildman–Crippen MR) is 71.4 cm³/mol. The Balaban J connectivity index is 2.09. The van der Waals surface area contributed by atoms with Gasteiger partial charge in [-0.1, -0.05) is 6.42 Å². The normalized spacial score (nSPS) is 30.0. The van der Waals surface area contributed by atoms with Gasteiger partial charge in [-0.15, -0.1) is 0 Å². The molecular weight excluding hydrogens is 300 g/mol. The molecule has 3 unspecified atom stereocenters. The Hall–Kier alpha value is -1.48. The molecule has 0 aromatic heterocycles. The Morgan fingerprint density at radius 2 is 2.00 bits per heavy atom. The van der Waals surface area contributed by atoms with Crippen molar-refractivity contribution in [1.29, 1.82) is 0 Å². The summed E-state index contributed by atoms with van der Waals surface area (Å²) in [6, 6.07) is -0.966. The quantitative estimate of drug-likeness (QED) is 0.510. The molecule has 1 saturated carbocycles. The molecule has 118 valence electrons. The number of piperidine rings is 1. The minimum absolute atomic E-state index is 0.0873. The smallest absolute Gasteiger partial charge is 0.310 e. The van der Waals surface area contributed by atoms with Gasteiger partial charge in [-0.25, -0.2) is 13.1 Å². The zero-order valence-corrected chi connectivity index (χ0v) is 12.4. The largest absolute Gasteiger partial charge is 0.469 e. The number of rotatable bonds is 4. The Morgan fingerprint density at radius 3 is 2.62 bits per heavy atom. The number of ether oxygens (including phenoxy) is 1. The Kier molecular flexibility index (Phi) is 4.62. The molecule has 2 N–H and O–H groups in total. The molecule has 8 nitrogen and oxygen atoms in total. The third kappa shape index (κ3) is 3.41. The molecule has 9 heteroatoms. The maximum absolute atomic E-state index is 12.4. The van der Waals surface area contributed by atoms with Crippen molar-refractivity contribution in [3.8, 4) is 0 Å². The average Bonchev–Trinajstić information content (AvgIpc) is 2.91. The summed E-state index contributed by atoms with van der Waals surface area (Å²) in [4.78, 5) is 34.3. The number of hydrogen-bond acceptors (Lipinski definition) is 6. The fourth-order valence-corrected chi connectivity index (χ4v) is 4.76. The summed E-state index contributed by atoms with van der Waals surface area (Å²) < 4.78 is 31.7. The molecule has 0 aromatic rings. The molecule has 2 rings (SSSR count). The number of imide groups is 1. The van der Waals surface area contributed by atoms with Crippen LogP contribution in [0.15, 0.2) is 0 Å². The van der Waals surface area contributed by atoms with Crippen LogP contribution in [-0.2, 0) is 29.1 Å². The van der Waals surface area contributed by atoms with Crippen LogP contribution in [-0.4, -0.2) is 44.6 Å². The van der Waals surface area contributed by atoms with E-state index >= 15 is 0 Å². The van der Waals surface area contributed by atoms with Crippen LogP contribution in [0.1, 0.15) is 32.1 Å². The number of nitrogens with one attached hydrogen (secondary N) is 2. The van der Waals surface area contributed by atoms with Gasteiger partial charge < -0.3 is 4.74 Å². The van der Waals surface area contributed by atoms with Gasteiger partial charge in [0.15, 0.2) is 0 Å². The van der Waals surface area contributed by atoms with Crippen LogP contribution >= 0.6 is 0 Å². The minimum atomic E-state index is -3.84. The molecule has 1 aliphatic carbocycles. The van der Waals surface area contributed by atoms with E-state index in [4.69, 9.17) is 0 Å². The summed E-state index contributed by atoms with van der Waals surface area (Å²) in [6.45, 7) is 0. The average molecular weight is 318 g/mol. The topological polar surface area (TPSA) is 119 Å². The van der Waals surface area contributed by atoms with Gasteiger partial charge in [0, 0.05) is 6.42 Å². The molecule has 0 bridgehead atoms. The van der Waals surface area contributed by atoms with E-state index in [2.05, 4.69) is 14.8 Å². The molecule has 1 saturated heterocycles. The first kappa shape index (κ1) is 15.9. The van der Waals surface area contributed by atoms with Crippen LogP contribution in [0.3, 0.4) is 0 Å². The van der Waals surface area contributed by atoms with Crippen LogP contribution in [0.5, 0.6) is 0 Å². The molecule has 3 atom stereocenters. The maximum Gasteiger partial charge on any atom is 0.310 e. The van der Waals surface area contributed by atoms with Gasteiger partial charge in [0.1, 0.15) is 6.04 Å². The summed E-state index contributed by atoms with van der Waals surface area (Å²) >= 11 is 0. The van der Waals surface area contributed by atoms with E-state index in [1.165, 1.54) is 7.11 Å². The zero-order valence-electron chi connectivity index (χ0n) is 11.6. The molecule has 21 heavy (non-hydrogen) atoms. The van der Waals surface area contributed by atoms with Gasteiger partial charge in [-0.2, -0.15) is 0 Å². The van der Waals surface area contributed by atoms with Crippen molar-refractivity contribution >= 4 is 27.8 Å². The molecule has 0 radical (unpaired) electrons. The van der Waals surface area contributed by atoms with Crippen LogP contribution in [0.4, 0.5) is 0 Å². The number of methoxy groups -OCH3 is 1. The monoisotopic (exact) mass is 318 g/mol. The van der Waals surface area contributed by atoms with Crippen molar-refractivity contribution in [2.75, 3.05) is 7.11 Å². The second-order valence-corrected chi connectivity index (χ2v) is 7.20. The molecule has 1 heterocycles. The van der Waals surface area contributed by atoms with Gasteiger partial charge in [0.05, 0.1) is 18.3 Å². The highest BCUT2D eigenvalue weighted by molar-refractivity contribution is 7.90. The molecule has 0 aromatic carbocycles. The third-order valence-corrected chi connectivity index (χ3v) is 5.88. The number of carbonyl (C=O) groups is 3. The number of hydrogen-bond donors (Lipinski definition) is 2. The van der Waals surface area contributed by atoms with Crippen molar-refractivity contribution in [2.24, 2.45) is 5.92 Å². The number of amides is 2. The fraction of sp³-hybridized carbons (Fsp3) is 0.750. The first-order chi connectivity index (χ1) is 9.85. The van der Waals surface area contributed by atoms with Crippen molar-refractivity contribution in [2.45, 2.75) is 43.4 Å². The zero-order chi connectivity index (χ0) is 15.6. The van der Waals surface area contributed by atoms with Crippen LogP contribution < -0.4 is 10.0 Å². The Morgan fingerprint density at radius 1 is 1.29 bits per heavy atom. The van der Waals surface area contributed by atoms with E-state index in [0.29, 0.717) is 19.3 Å². The van der Waals surface area contributed by atoms with Gasteiger partial charge in [0.25, 0.3) is 0 Å². The number of esters is 1. The summed E-state index contributed by atoms with van der Waals surface area (Å²) in [5.74, 6) is -2.32. The molecule has 2 amide bonds.